The monoisotopic (exact) mass is 1190 g/mol. The first kappa shape index (κ1) is 80.7. The molecule has 0 aromatic carbocycles. The number of unbranched alkanes of at least 4 members (excludes halogenated alkanes) is 41. The Morgan fingerprint density at radius 2 is 0.735 bits per heavy atom. The molecule has 1 amide bonds. The topological polar surface area (TPSA) is 114 Å². The van der Waals surface area contributed by atoms with Crippen LogP contribution in [0.1, 0.15) is 342 Å². The molecule has 0 heterocycles. The Hall–Kier alpha value is -2.29. The molecular formula is C73H137N2O7P. The van der Waals surface area contributed by atoms with Crippen molar-refractivity contribution in [1.29, 1.82) is 0 Å². The molecule has 0 saturated carbocycles. The van der Waals surface area contributed by atoms with Crippen LogP contribution in [-0.2, 0) is 27.9 Å². The van der Waals surface area contributed by atoms with Crippen LogP contribution < -0.4 is 10.2 Å². The summed E-state index contributed by atoms with van der Waals surface area (Å²) in [5, 5.41) is 3.04. The number of phosphoric acid groups is 1. The van der Waals surface area contributed by atoms with E-state index >= 15 is 0 Å². The highest BCUT2D eigenvalue weighted by molar-refractivity contribution is 7.45. The molecule has 0 spiro atoms. The van der Waals surface area contributed by atoms with E-state index in [0.29, 0.717) is 17.4 Å². The van der Waals surface area contributed by atoms with Gasteiger partial charge in [-0.15, -0.1) is 0 Å². The lowest BCUT2D eigenvalue weighted by atomic mass is 10.0. The zero-order valence-corrected chi connectivity index (χ0v) is 56.6. The van der Waals surface area contributed by atoms with Crippen LogP contribution in [0.25, 0.3) is 0 Å². The van der Waals surface area contributed by atoms with Gasteiger partial charge in [0.25, 0.3) is 7.82 Å². The van der Waals surface area contributed by atoms with Gasteiger partial charge in [-0.1, -0.05) is 294 Å². The molecule has 10 heteroatoms. The molecule has 0 aromatic heterocycles. The Labute approximate surface area is 515 Å². The molecule has 3 atom stereocenters. The number of esters is 1. The Bertz CT molecular complexity index is 1600. The third-order valence-corrected chi connectivity index (χ3v) is 16.9. The Balaban J connectivity index is 5.01. The Morgan fingerprint density at radius 3 is 1.13 bits per heavy atom. The third kappa shape index (κ3) is 64.0. The van der Waals surface area contributed by atoms with Gasteiger partial charge >= 0.3 is 5.97 Å². The van der Waals surface area contributed by atoms with Gasteiger partial charge in [0.2, 0.25) is 5.91 Å². The number of phosphoric ester groups is 1. The van der Waals surface area contributed by atoms with Crippen molar-refractivity contribution in [2.75, 3.05) is 40.9 Å². The van der Waals surface area contributed by atoms with Crippen LogP contribution in [0.4, 0.5) is 0 Å². The number of carbonyl (C=O) groups excluding carboxylic acids is 2. The molecule has 0 fully saturated rings. The van der Waals surface area contributed by atoms with Crippen molar-refractivity contribution >= 4 is 19.7 Å². The summed E-state index contributed by atoms with van der Waals surface area (Å²) in [6, 6.07) is -0.890. The van der Waals surface area contributed by atoms with Gasteiger partial charge in [0, 0.05) is 12.8 Å². The number of nitrogens with zero attached hydrogens (tertiary/aromatic N) is 1. The Kier molecular flexibility index (Phi) is 61.0. The van der Waals surface area contributed by atoms with Gasteiger partial charge in [-0.25, -0.2) is 0 Å². The Morgan fingerprint density at radius 1 is 0.422 bits per heavy atom. The standard InChI is InChI=1S/C73H137N2O7P/c1-7-10-13-16-19-22-25-27-29-31-33-35-36-37-38-40-41-43-45-47-50-53-56-59-62-65-72(76)74-70(69-81-83(78,79)80-68-67-75(4,5)6)71(64-61-58-55-52-49-24-21-18-15-12-9-3)82-73(77)66-63-60-57-54-51-48-46-44-42-39-34-32-30-28-26-23-20-17-14-11-8-2/h19,22,27-30,33,35,61,64,70-71H,7-18,20-21,23-26,31-32,34,36-60,62-63,65-69H2,1-6H3,(H-,74,76,78,79)/b22-19-,29-27-,30-28+,35-33-,64-61-. The minimum Gasteiger partial charge on any atom is -0.756 e. The third-order valence-electron chi connectivity index (χ3n) is 15.9. The number of hydrogen-bond acceptors (Lipinski definition) is 7. The molecule has 0 saturated heterocycles. The molecule has 486 valence electrons. The predicted octanol–water partition coefficient (Wildman–Crippen LogP) is 21.9. The molecule has 9 nitrogen and oxygen atoms in total. The first-order valence-corrected chi connectivity index (χ1v) is 37.1. The molecule has 0 rings (SSSR count). The zero-order valence-electron chi connectivity index (χ0n) is 55.7. The SMILES string of the molecule is CCCCC/C=C\C/C=C\C/C=C\CCCCCCCCCCCCCCC(=O)NC(COP(=O)([O-])OCC[N+](C)(C)C)C(/C=C\CCCCCCCCCCC)OC(=O)CCCCCCCCCCCCC/C=C/CCCCCCCC. The van der Waals surface area contributed by atoms with Crippen LogP contribution in [0.5, 0.6) is 0 Å². The van der Waals surface area contributed by atoms with Crippen molar-refractivity contribution in [3.63, 3.8) is 0 Å². The van der Waals surface area contributed by atoms with Crippen LogP contribution in [-0.4, -0.2) is 69.4 Å². The molecule has 0 bridgehead atoms. The van der Waals surface area contributed by atoms with Gasteiger partial charge in [-0.2, -0.15) is 0 Å². The van der Waals surface area contributed by atoms with Gasteiger partial charge in [0.15, 0.2) is 0 Å². The van der Waals surface area contributed by atoms with Gasteiger partial charge in [-0.3, -0.25) is 14.2 Å². The summed E-state index contributed by atoms with van der Waals surface area (Å²) >= 11 is 0. The molecule has 83 heavy (non-hydrogen) atoms. The second-order valence-electron chi connectivity index (χ2n) is 25.4. The fourth-order valence-electron chi connectivity index (χ4n) is 10.4. The average Bonchev–Trinajstić information content (AvgIpc) is 3.51. The summed E-state index contributed by atoms with van der Waals surface area (Å²) in [5.41, 5.74) is 0. The summed E-state index contributed by atoms with van der Waals surface area (Å²) in [4.78, 5) is 40.2. The number of rotatable bonds is 65. The van der Waals surface area contributed by atoms with Crippen LogP contribution in [0.2, 0.25) is 0 Å². The van der Waals surface area contributed by atoms with Gasteiger partial charge < -0.3 is 28.5 Å². The van der Waals surface area contributed by atoms with Crippen molar-refractivity contribution in [3.05, 3.63) is 60.8 Å². The lowest BCUT2D eigenvalue weighted by molar-refractivity contribution is -0.870. The largest absolute Gasteiger partial charge is 0.756 e. The maximum absolute atomic E-state index is 13.6. The van der Waals surface area contributed by atoms with E-state index in [-0.39, 0.29) is 31.5 Å². The maximum Gasteiger partial charge on any atom is 0.306 e. The summed E-state index contributed by atoms with van der Waals surface area (Å²) in [5.74, 6) is -0.532. The number of carbonyl (C=O) groups is 2. The van der Waals surface area contributed by atoms with Crippen LogP contribution in [0.15, 0.2) is 60.8 Å². The molecule has 0 aliphatic rings. The van der Waals surface area contributed by atoms with E-state index in [2.05, 4.69) is 74.7 Å². The van der Waals surface area contributed by atoms with E-state index in [4.69, 9.17) is 13.8 Å². The minimum absolute atomic E-state index is 0.0226. The lowest BCUT2D eigenvalue weighted by Crippen LogP contribution is -2.47. The summed E-state index contributed by atoms with van der Waals surface area (Å²) < 4.78 is 30.4. The zero-order chi connectivity index (χ0) is 60.7. The first-order valence-electron chi connectivity index (χ1n) is 35.6. The summed E-state index contributed by atoms with van der Waals surface area (Å²) in [7, 11) is 1.19. The molecule has 1 N–H and O–H groups in total. The van der Waals surface area contributed by atoms with Crippen LogP contribution >= 0.6 is 7.82 Å². The van der Waals surface area contributed by atoms with E-state index in [0.717, 1.165) is 70.6 Å². The number of allylic oxidation sites excluding steroid dienone is 9. The highest BCUT2D eigenvalue weighted by Crippen LogP contribution is 2.38. The molecule has 0 aromatic rings. The first-order chi connectivity index (χ1) is 40.4. The fourth-order valence-corrected chi connectivity index (χ4v) is 11.1. The second-order valence-corrected chi connectivity index (χ2v) is 26.8. The van der Waals surface area contributed by atoms with Crippen molar-refractivity contribution in [2.24, 2.45) is 0 Å². The van der Waals surface area contributed by atoms with E-state index < -0.39 is 20.0 Å². The molecule has 0 radical (unpaired) electrons. The minimum atomic E-state index is -4.70. The number of nitrogens with one attached hydrogen (secondary N) is 1. The summed E-state index contributed by atoms with van der Waals surface area (Å²) in [6.07, 6.45) is 80.6. The summed E-state index contributed by atoms with van der Waals surface area (Å²) in [6.45, 7) is 6.85. The number of likely N-dealkylation sites (N-methyl/N-ethyl adjacent to an activating group) is 1. The fraction of sp³-hybridized carbons (Fsp3) is 0.836. The second kappa shape index (κ2) is 62.8. The molecule has 0 aliphatic carbocycles. The number of hydrogen-bond donors (Lipinski definition) is 1. The smallest absolute Gasteiger partial charge is 0.306 e. The van der Waals surface area contributed by atoms with Crippen molar-refractivity contribution in [3.8, 4) is 0 Å². The lowest BCUT2D eigenvalue weighted by Gasteiger charge is -2.30. The molecule has 0 aliphatic heterocycles. The highest BCUT2D eigenvalue weighted by atomic mass is 31.2. The van der Waals surface area contributed by atoms with Gasteiger partial charge in [0.05, 0.1) is 33.8 Å². The maximum atomic E-state index is 13.6. The van der Waals surface area contributed by atoms with Gasteiger partial charge in [-0.05, 0) is 96.0 Å². The number of amides is 1. The van der Waals surface area contributed by atoms with Crippen molar-refractivity contribution in [2.45, 2.75) is 354 Å². The molecule has 3 unspecified atom stereocenters. The normalized spacial score (nSPS) is 13.9. The van der Waals surface area contributed by atoms with Crippen molar-refractivity contribution < 1.29 is 37.3 Å². The van der Waals surface area contributed by atoms with E-state index in [1.54, 1.807) is 0 Å². The van der Waals surface area contributed by atoms with Crippen LogP contribution in [0.3, 0.4) is 0 Å². The quantitative estimate of drug-likeness (QED) is 0.0212. The molecular weight excluding hydrogens is 1050 g/mol. The predicted molar refractivity (Wildman–Crippen MR) is 358 cm³/mol. The number of ether oxygens (including phenoxy) is 1. The number of quaternary nitrogens is 1. The average molecular weight is 1190 g/mol. The van der Waals surface area contributed by atoms with E-state index in [9.17, 15) is 19.0 Å². The highest BCUT2D eigenvalue weighted by Gasteiger charge is 2.27. The van der Waals surface area contributed by atoms with Gasteiger partial charge in [0.1, 0.15) is 19.3 Å². The van der Waals surface area contributed by atoms with Crippen molar-refractivity contribution in [1.82, 2.24) is 5.32 Å². The van der Waals surface area contributed by atoms with E-state index in [1.807, 2.05) is 33.3 Å². The van der Waals surface area contributed by atoms with Crippen LogP contribution in [0, 0.1) is 0 Å². The van der Waals surface area contributed by atoms with E-state index in [1.165, 1.54) is 238 Å².